The van der Waals surface area contributed by atoms with E-state index in [2.05, 4.69) is 39.5 Å². The van der Waals surface area contributed by atoms with Crippen LogP contribution in [0.25, 0.3) is 0 Å². The minimum absolute atomic E-state index is 0.131. The van der Waals surface area contributed by atoms with E-state index in [4.69, 9.17) is 4.74 Å². The monoisotopic (exact) mass is 353 g/mol. The van der Waals surface area contributed by atoms with Crippen LogP contribution in [0.15, 0.2) is 54.9 Å². The summed E-state index contributed by atoms with van der Waals surface area (Å²) in [6.07, 6.45) is 4.79. The van der Waals surface area contributed by atoms with Crippen LogP contribution >= 0.6 is 0 Å². The van der Waals surface area contributed by atoms with Gasteiger partial charge >= 0.3 is 5.97 Å². The van der Waals surface area contributed by atoms with E-state index in [1.54, 1.807) is 18.3 Å². The molecule has 1 fully saturated rings. The highest BCUT2D eigenvalue weighted by atomic mass is 16.5. The van der Waals surface area contributed by atoms with E-state index in [0.29, 0.717) is 5.56 Å². The molecule has 1 aromatic heterocycles. The number of carbonyl (C=O) groups excluding carboxylic acids is 2. The lowest BCUT2D eigenvalue weighted by Crippen LogP contribution is -2.45. The fourth-order valence-corrected chi connectivity index (χ4v) is 3.04. The van der Waals surface area contributed by atoms with E-state index < -0.39 is 5.97 Å². The molecule has 6 heteroatoms. The van der Waals surface area contributed by atoms with Crippen LogP contribution in [-0.4, -0.2) is 47.5 Å². The molecule has 2 heterocycles. The maximum Gasteiger partial charge on any atom is 0.340 e. The molecule has 3 rings (SSSR count). The first-order valence-electron chi connectivity index (χ1n) is 8.83. The van der Waals surface area contributed by atoms with E-state index in [9.17, 15) is 9.59 Å². The third-order valence-corrected chi connectivity index (χ3v) is 4.43. The molecule has 2 aromatic rings. The molecule has 1 aromatic carbocycles. The molecule has 1 N–H and O–H groups in total. The van der Waals surface area contributed by atoms with Crippen molar-refractivity contribution >= 4 is 11.9 Å². The first kappa shape index (κ1) is 18.1. The number of esters is 1. The summed E-state index contributed by atoms with van der Waals surface area (Å²) in [6, 6.07) is 13.8. The van der Waals surface area contributed by atoms with Crippen molar-refractivity contribution in [1.29, 1.82) is 0 Å². The minimum atomic E-state index is -0.536. The Morgan fingerprint density at radius 1 is 1.12 bits per heavy atom. The van der Waals surface area contributed by atoms with Crippen LogP contribution in [0, 0.1) is 0 Å². The lowest BCUT2D eigenvalue weighted by Gasteiger charge is -2.32. The predicted molar refractivity (Wildman–Crippen MR) is 97.4 cm³/mol. The molecule has 0 aliphatic carbocycles. The molecule has 0 bridgehead atoms. The van der Waals surface area contributed by atoms with Gasteiger partial charge in [-0.25, -0.2) is 4.79 Å². The Kier molecular flexibility index (Phi) is 6.33. The summed E-state index contributed by atoms with van der Waals surface area (Å²) in [4.78, 5) is 30.1. The Morgan fingerprint density at radius 2 is 1.88 bits per heavy atom. The third kappa shape index (κ3) is 5.39. The van der Waals surface area contributed by atoms with Crippen molar-refractivity contribution in [2.45, 2.75) is 25.4 Å². The van der Waals surface area contributed by atoms with Crippen LogP contribution in [0.4, 0.5) is 0 Å². The molecule has 136 valence electrons. The number of piperidine rings is 1. The summed E-state index contributed by atoms with van der Waals surface area (Å²) >= 11 is 0. The molecule has 1 aliphatic heterocycles. The Morgan fingerprint density at radius 3 is 2.58 bits per heavy atom. The number of nitrogens with zero attached hydrogens (tertiary/aromatic N) is 2. The van der Waals surface area contributed by atoms with Crippen LogP contribution in [0.3, 0.4) is 0 Å². The molecule has 0 saturated carbocycles. The number of rotatable bonds is 6. The van der Waals surface area contributed by atoms with E-state index in [0.717, 1.165) is 32.5 Å². The van der Waals surface area contributed by atoms with Crippen molar-refractivity contribution in [3.63, 3.8) is 0 Å². The molecule has 0 radical (unpaired) electrons. The van der Waals surface area contributed by atoms with Gasteiger partial charge in [0.05, 0.1) is 5.56 Å². The normalized spacial score (nSPS) is 15.4. The Balaban J connectivity index is 1.36. The minimum Gasteiger partial charge on any atom is -0.452 e. The Bertz CT molecular complexity index is 714. The topological polar surface area (TPSA) is 71.5 Å². The average molecular weight is 353 g/mol. The largest absolute Gasteiger partial charge is 0.452 e. The molecule has 26 heavy (non-hydrogen) atoms. The number of benzene rings is 1. The van der Waals surface area contributed by atoms with Crippen LogP contribution < -0.4 is 5.32 Å². The second-order valence-corrected chi connectivity index (χ2v) is 6.42. The Hall–Kier alpha value is -2.73. The van der Waals surface area contributed by atoms with Gasteiger partial charge in [0.2, 0.25) is 0 Å². The molecule has 0 spiro atoms. The molecular formula is C20H23N3O3. The molecule has 1 aliphatic rings. The number of ether oxygens (including phenoxy) is 1. The second-order valence-electron chi connectivity index (χ2n) is 6.42. The van der Waals surface area contributed by atoms with Gasteiger partial charge in [0, 0.05) is 38.1 Å². The molecule has 1 amide bonds. The summed E-state index contributed by atoms with van der Waals surface area (Å²) in [7, 11) is 0. The SMILES string of the molecule is O=C(COC(=O)c1cccnc1)NC1CCN(Cc2ccccc2)CC1. The number of carbonyl (C=O) groups is 2. The zero-order chi connectivity index (χ0) is 18.2. The van der Waals surface area contributed by atoms with Gasteiger partial charge in [0.15, 0.2) is 6.61 Å². The van der Waals surface area contributed by atoms with Crippen molar-refractivity contribution in [1.82, 2.24) is 15.2 Å². The number of hydrogen-bond acceptors (Lipinski definition) is 5. The zero-order valence-electron chi connectivity index (χ0n) is 14.6. The van der Waals surface area contributed by atoms with Gasteiger partial charge in [0.1, 0.15) is 0 Å². The number of likely N-dealkylation sites (tertiary alicyclic amines) is 1. The van der Waals surface area contributed by atoms with Crippen molar-refractivity contribution in [3.8, 4) is 0 Å². The van der Waals surface area contributed by atoms with Crippen molar-refractivity contribution in [2.75, 3.05) is 19.7 Å². The van der Waals surface area contributed by atoms with Crippen LogP contribution in [0.1, 0.15) is 28.8 Å². The maximum atomic E-state index is 12.0. The summed E-state index contributed by atoms with van der Waals surface area (Å²) in [5.41, 5.74) is 1.65. The molecule has 0 unspecified atom stereocenters. The maximum absolute atomic E-state index is 12.0. The third-order valence-electron chi connectivity index (χ3n) is 4.43. The summed E-state index contributed by atoms with van der Waals surface area (Å²) in [5, 5.41) is 2.95. The van der Waals surface area contributed by atoms with Crippen LogP contribution in [0.5, 0.6) is 0 Å². The first-order valence-corrected chi connectivity index (χ1v) is 8.83. The second kappa shape index (κ2) is 9.10. The highest BCUT2D eigenvalue weighted by Crippen LogP contribution is 2.13. The van der Waals surface area contributed by atoms with Gasteiger partial charge in [-0.2, -0.15) is 0 Å². The average Bonchev–Trinajstić information content (AvgIpc) is 2.69. The highest BCUT2D eigenvalue weighted by Gasteiger charge is 2.21. The van der Waals surface area contributed by atoms with E-state index in [1.807, 2.05) is 6.07 Å². The predicted octanol–water partition coefficient (Wildman–Crippen LogP) is 2.02. The van der Waals surface area contributed by atoms with E-state index >= 15 is 0 Å². The lowest BCUT2D eigenvalue weighted by atomic mass is 10.0. The number of hydrogen-bond donors (Lipinski definition) is 1. The number of pyridine rings is 1. The highest BCUT2D eigenvalue weighted by molar-refractivity contribution is 5.90. The van der Waals surface area contributed by atoms with Gasteiger partial charge < -0.3 is 10.1 Å². The van der Waals surface area contributed by atoms with E-state index in [-0.39, 0.29) is 18.6 Å². The van der Waals surface area contributed by atoms with E-state index in [1.165, 1.54) is 11.8 Å². The molecule has 6 nitrogen and oxygen atoms in total. The van der Waals surface area contributed by atoms with Crippen LogP contribution in [0.2, 0.25) is 0 Å². The smallest absolute Gasteiger partial charge is 0.340 e. The fourth-order valence-electron chi connectivity index (χ4n) is 3.04. The summed E-state index contributed by atoms with van der Waals surface area (Å²) < 4.78 is 5.03. The number of amides is 1. The van der Waals surface area contributed by atoms with Crippen molar-refractivity contribution in [3.05, 3.63) is 66.0 Å². The zero-order valence-corrected chi connectivity index (χ0v) is 14.6. The van der Waals surface area contributed by atoms with Gasteiger partial charge in [0.25, 0.3) is 5.91 Å². The number of aromatic nitrogens is 1. The summed E-state index contributed by atoms with van der Waals surface area (Å²) in [5.74, 6) is -0.797. The summed E-state index contributed by atoms with van der Waals surface area (Å²) in [6.45, 7) is 2.55. The molecule has 0 atom stereocenters. The molecular weight excluding hydrogens is 330 g/mol. The van der Waals surface area contributed by atoms with Crippen molar-refractivity contribution in [2.24, 2.45) is 0 Å². The first-order chi connectivity index (χ1) is 12.7. The van der Waals surface area contributed by atoms with Gasteiger partial charge in [-0.15, -0.1) is 0 Å². The number of nitrogens with one attached hydrogen (secondary N) is 1. The van der Waals surface area contributed by atoms with Crippen molar-refractivity contribution < 1.29 is 14.3 Å². The fraction of sp³-hybridized carbons (Fsp3) is 0.350. The lowest BCUT2D eigenvalue weighted by molar-refractivity contribution is -0.125. The molecule has 1 saturated heterocycles. The Labute approximate surface area is 153 Å². The van der Waals surface area contributed by atoms with Gasteiger partial charge in [-0.05, 0) is 30.5 Å². The van der Waals surface area contributed by atoms with Gasteiger partial charge in [-0.1, -0.05) is 30.3 Å². The van der Waals surface area contributed by atoms with Crippen LogP contribution in [-0.2, 0) is 16.1 Å². The van der Waals surface area contributed by atoms with Gasteiger partial charge in [-0.3, -0.25) is 14.7 Å². The standard InChI is InChI=1S/C20H23N3O3/c24-19(15-26-20(25)17-7-4-10-21-13-17)22-18-8-11-23(12-9-18)14-16-5-2-1-3-6-16/h1-7,10,13,18H,8-9,11-12,14-15H2,(H,22,24). The quantitative estimate of drug-likeness (QED) is 0.805.